The number of rotatable bonds is 2. The number of likely N-dealkylation sites (tertiary alicyclic amines) is 1. The molecule has 0 radical (unpaired) electrons. The van der Waals surface area contributed by atoms with E-state index in [0.29, 0.717) is 17.6 Å². The molecule has 98 valence electrons. The molecule has 3 unspecified atom stereocenters. The maximum absolute atomic E-state index is 13.8. The Hall–Kier alpha value is -0.640. The van der Waals surface area contributed by atoms with Gasteiger partial charge in [-0.1, -0.05) is 17.7 Å². The Kier molecular flexibility index (Phi) is 3.31. The van der Waals surface area contributed by atoms with Gasteiger partial charge in [0, 0.05) is 29.7 Å². The Bertz CT molecular complexity index is 451. The molecule has 0 saturated carbocycles. The molecule has 18 heavy (non-hydrogen) atoms. The highest BCUT2D eigenvalue weighted by atomic mass is 35.5. The van der Waals surface area contributed by atoms with Crippen molar-refractivity contribution in [3.8, 4) is 0 Å². The van der Waals surface area contributed by atoms with Crippen molar-refractivity contribution in [3.05, 3.63) is 34.6 Å². The zero-order valence-corrected chi connectivity index (χ0v) is 11.3. The first-order valence-corrected chi connectivity index (χ1v) is 6.91. The second-order valence-electron chi connectivity index (χ2n) is 5.49. The molecular formula is C14H18ClFN2. The topological polar surface area (TPSA) is 15.3 Å². The predicted molar refractivity (Wildman–Crippen MR) is 71.1 cm³/mol. The minimum atomic E-state index is -0.190. The lowest BCUT2D eigenvalue weighted by atomic mass is 9.95. The van der Waals surface area contributed by atoms with Gasteiger partial charge >= 0.3 is 0 Å². The van der Waals surface area contributed by atoms with Crippen molar-refractivity contribution in [2.24, 2.45) is 11.8 Å². The van der Waals surface area contributed by atoms with Crippen LogP contribution in [0.5, 0.6) is 0 Å². The molecule has 4 heteroatoms. The van der Waals surface area contributed by atoms with Gasteiger partial charge in [0.25, 0.3) is 0 Å². The van der Waals surface area contributed by atoms with Crippen LogP contribution < -0.4 is 5.32 Å². The second kappa shape index (κ2) is 4.80. The summed E-state index contributed by atoms with van der Waals surface area (Å²) in [6.45, 7) is 6.23. The van der Waals surface area contributed by atoms with Crippen LogP contribution in [0.4, 0.5) is 4.39 Å². The quantitative estimate of drug-likeness (QED) is 0.887. The van der Waals surface area contributed by atoms with Crippen LogP contribution in [0.15, 0.2) is 18.2 Å². The molecule has 0 bridgehead atoms. The monoisotopic (exact) mass is 268 g/mol. The van der Waals surface area contributed by atoms with Crippen molar-refractivity contribution < 1.29 is 4.39 Å². The van der Waals surface area contributed by atoms with Gasteiger partial charge in [-0.05, 0) is 44.0 Å². The molecule has 1 N–H and O–H groups in total. The lowest BCUT2D eigenvalue weighted by molar-refractivity contribution is 0.228. The molecule has 0 spiro atoms. The van der Waals surface area contributed by atoms with Crippen molar-refractivity contribution in [2.45, 2.75) is 19.5 Å². The van der Waals surface area contributed by atoms with Gasteiger partial charge in [-0.2, -0.15) is 0 Å². The molecule has 1 aromatic carbocycles. The van der Waals surface area contributed by atoms with E-state index in [1.165, 1.54) is 6.07 Å². The number of halogens is 2. The van der Waals surface area contributed by atoms with Crippen molar-refractivity contribution in [3.63, 3.8) is 0 Å². The Labute approximate surface area is 112 Å². The summed E-state index contributed by atoms with van der Waals surface area (Å²) in [6.07, 6.45) is 0. The van der Waals surface area contributed by atoms with Crippen LogP contribution in [0, 0.1) is 17.7 Å². The molecule has 0 amide bonds. The molecule has 2 aliphatic rings. The molecule has 2 aliphatic heterocycles. The average molecular weight is 269 g/mol. The van der Waals surface area contributed by atoms with Gasteiger partial charge < -0.3 is 5.32 Å². The SMILES string of the molecule is CC1C2CNCC2CN1Cc1ccc(Cl)cc1F. The van der Waals surface area contributed by atoms with Gasteiger partial charge in [0.05, 0.1) is 0 Å². The lowest BCUT2D eigenvalue weighted by Crippen LogP contribution is -2.33. The van der Waals surface area contributed by atoms with E-state index in [0.717, 1.165) is 37.0 Å². The first kappa shape index (κ1) is 12.4. The summed E-state index contributed by atoms with van der Waals surface area (Å²) >= 11 is 5.78. The van der Waals surface area contributed by atoms with Crippen molar-refractivity contribution in [1.29, 1.82) is 0 Å². The summed E-state index contributed by atoms with van der Waals surface area (Å²) in [5.41, 5.74) is 0.749. The van der Waals surface area contributed by atoms with Crippen LogP contribution in [-0.4, -0.2) is 30.6 Å². The molecule has 0 aliphatic carbocycles. The number of fused-ring (bicyclic) bond motifs is 1. The van der Waals surface area contributed by atoms with E-state index in [2.05, 4.69) is 17.1 Å². The Balaban J connectivity index is 1.73. The number of benzene rings is 1. The molecule has 2 nitrogen and oxygen atoms in total. The van der Waals surface area contributed by atoms with Crippen molar-refractivity contribution in [1.82, 2.24) is 10.2 Å². The van der Waals surface area contributed by atoms with Gasteiger partial charge in [0.15, 0.2) is 0 Å². The summed E-state index contributed by atoms with van der Waals surface area (Å²) < 4.78 is 13.8. The summed E-state index contributed by atoms with van der Waals surface area (Å²) in [7, 11) is 0. The van der Waals surface area contributed by atoms with E-state index in [9.17, 15) is 4.39 Å². The summed E-state index contributed by atoms with van der Waals surface area (Å²) in [5.74, 6) is 1.26. The van der Waals surface area contributed by atoms with E-state index < -0.39 is 0 Å². The largest absolute Gasteiger partial charge is 0.316 e. The zero-order chi connectivity index (χ0) is 12.7. The van der Waals surface area contributed by atoms with Crippen LogP contribution in [0.3, 0.4) is 0 Å². The van der Waals surface area contributed by atoms with Gasteiger partial charge in [-0.15, -0.1) is 0 Å². The van der Waals surface area contributed by atoms with Gasteiger partial charge in [-0.25, -0.2) is 4.39 Å². The standard InChI is InChI=1S/C14H18ClFN2/c1-9-13-6-17-5-11(13)8-18(9)7-10-2-3-12(15)4-14(10)16/h2-4,9,11,13,17H,5-8H2,1H3. The highest BCUT2D eigenvalue weighted by molar-refractivity contribution is 6.30. The number of nitrogens with zero attached hydrogens (tertiary/aromatic N) is 1. The average Bonchev–Trinajstić information content (AvgIpc) is 2.88. The first-order chi connectivity index (χ1) is 8.65. The number of hydrogen-bond donors (Lipinski definition) is 1. The minimum absolute atomic E-state index is 0.190. The van der Waals surface area contributed by atoms with Gasteiger partial charge in [-0.3, -0.25) is 4.90 Å². The Morgan fingerprint density at radius 2 is 2.28 bits per heavy atom. The van der Waals surface area contributed by atoms with E-state index in [1.807, 2.05) is 0 Å². The van der Waals surface area contributed by atoms with Crippen LogP contribution >= 0.6 is 11.6 Å². The molecule has 2 heterocycles. The summed E-state index contributed by atoms with van der Waals surface area (Å²) in [4.78, 5) is 2.39. The van der Waals surface area contributed by atoms with Crippen molar-refractivity contribution in [2.75, 3.05) is 19.6 Å². The smallest absolute Gasteiger partial charge is 0.129 e. The van der Waals surface area contributed by atoms with E-state index >= 15 is 0 Å². The molecule has 2 saturated heterocycles. The normalized spacial score (nSPS) is 31.8. The van der Waals surface area contributed by atoms with E-state index in [-0.39, 0.29) is 5.82 Å². The van der Waals surface area contributed by atoms with Crippen LogP contribution in [0.25, 0.3) is 0 Å². The Morgan fingerprint density at radius 3 is 3.00 bits per heavy atom. The molecular weight excluding hydrogens is 251 g/mol. The summed E-state index contributed by atoms with van der Waals surface area (Å²) in [5, 5.41) is 3.90. The molecule has 2 fully saturated rings. The van der Waals surface area contributed by atoms with Crippen molar-refractivity contribution >= 4 is 11.6 Å². The summed E-state index contributed by atoms with van der Waals surface area (Å²) in [6, 6.07) is 5.50. The maximum Gasteiger partial charge on any atom is 0.129 e. The fourth-order valence-corrected chi connectivity index (χ4v) is 3.49. The van der Waals surface area contributed by atoms with Crippen LogP contribution in [0.2, 0.25) is 5.02 Å². The third-order valence-corrected chi connectivity index (χ3v) is 4.68. The third-order valence-electron chi connectivity index (χ3n) is 4.45. The number of hydrogen-bond acceptors (Lipinski definition) is 2. The highest BCUT2D eigenvalue weighted by Crippen LogP contribution is 2.33. The van der Waals surface area contributed by atoms with Gasteiger partial charge in [0.2, 0.25) is 0 Å². The van der Waals surface area contributed by atoms with E-state index in [1.54, 1.807) is 12.1 Å². The molecule has 1 aromatic rings. The fraction of sp³-hybridized carbons (Fsp3) is 0.571. The number of nitrogens with one attached hydrogen (secondary N) is 1. The predicted octanol–water partition coefficient (Wildman–Crippen LogP) is 2.52. The van der Waals surface area contributed by atoms with Gasteiger partial charge in [0.1, 0.15) is 5.82 Å². The maximum atomic E-state index is 13.8. The first-order valence-electron chi connectivity index (χ1n) is 6.54. The molecule has 3 rings (SSSR count). The van der Waals surface area contributed by atoms with Crippen LogP contribution in [-0.2, 0) is 6.54 Å². The Morgan fingerprint density at radius 1 is 1.44 bits per heavy atom. The van der Waals surface area contributed by atoms with E-state index in [4.69, 9.17) is 11.6 Å². The minimum Gasteiger partial charge on any atom is -0.316 e. The molecule has 0 aromatic heterocycles. The van der Waals surface area contributed by atoms with Crippen LogP contribution in [0.1, 0.15) is 12.5 Å². The third kappa shape index (κ3) is 2.15. The highest BCUT2D eigenvalue weighted by Gasteiger charge is 2.41. The second-order valence-corrected chi connectivity index (χ2v) is 5.92. The fourth-order valence-electron chi connectivity index (χ4n) is 3.33. The zero-order valence-electron chi connectivity index (χ0n) is 10.5. The molecule has 3 atom stereocenters. The lowest BCUT2D eigenvalue weighted by Gasteiger charge is -2.24.